The van der Waals surface area contributed by atoms with E-state index in [1.165, 1.54) is 0 Å². The van der Waals surface area contributed by atoms with Crippen LogP contribution in [0.3, 0.4) is 0 Å². The third-order valence-electron chi connectivity index (χ3n) is 5.76. The van der Waals surface area contributed by atoms with Gasteiger partial charge in [-0.15, -0.1) is 0 Å². The minimum atomic E-state index is -1.02. The van der Waals surface area contributed by atoms with Crippen LogP contribution in [0.5, 0.6) is 5.75 Å². The van der Waals surface area contributed by atoms with Crippen molar-refractivity contribution in [3.05, 3.63) is 84.7 Å². The quantitative estimate of drug-likeness (QED) is 0.466. The predicted molar refractivity (Wildman–Crippen MR) is 118 cm³/mol. The summed E-state index contributed by atoms with van der Waals surface area (Å²) in [6.07, 6.45) is 4.10. The van der Waals surface area contributed by atoms with Gasteiger partial charge in [-0.05, 0) is 41.8 Å². The van der Waals surface area contributed by atoms with Crippen molar-refractivity contribution in [3.63, 3.8) is 0 Å². The molecule has 152 valence electrons. The number of carboxylic acids is 1. The van der Waals surface area contributed by atoms with E-state index < -0.39 is 11.4 Å². The van der Waals surface area contributed by atoms with E-state index in [0.717, 1.165) is 33.5 Å². The maximum atomic E-state index is 12.3. The molecule has 0 fully saturated rings. The van der Waals surface area contributed by atoms with Gasteiger partial charge >= 0.3 is 5.97 Å². The Morgan fingerprint density at radius 2 is 1.80 bits per heavy atom. The molecule has 1 unspecified atom stereocenters. The molecule has 4 rings (SSSR count). The molecule has 5 nitrogen and oxygen atoms in total. The molecule has 0 saturated carbocycles. The standard InChI is InChI=1S/C25H24N2O3/c1-25(24(28)29,21-10-8-20-17-22(30-2)11-9-19(20)16-21)12-14-27-15-13-26-23(27)18-6-4-3-5-7-18/h3-11,13,15-17H,12,14H2,1-2H3,(H,28,29). The first-order valence-electron chi connectivity index (χ1n) is 9.89. The number of benzene rings is 3. The number of imidazole rings is 1. The number of ether oxygens (including phenoxy) is 1. The maximum Gasteiger partial charge on any atom is 0.313 e. The number of methoxy groups -OCH3 is 1. The highest BCUT2D eigenvalue weighted by Gasteiger charge is 2.35. The molecule has 5 heteroatoms. The van der Waals surface area contributed by atoms with Gasteiger partial charge in [-0.3, -0.25) is 4.79 Å². The molecule has 0 spiro atoms. The Hall–Kier alpha value is -3.60. The number of aryl methyl sites for hydroxylation is 1. The van der Waals surface area contributed by atoms with E-state index in [-0.39, 0.29) is 0 Å². The van der Waals surface area contributed by atoms with Crippen LogP contribution in [0, 0.1) is 0 Å². The first-order valence-corrected chi connectivity index (χ1v) is 9.89. The lowest BCUT2D eigenvalue weighted by Gasteiger charge is -2.26. The van der Waals surface area contributed by atoms with E-state index in [1.807, 2.05) is 77.5 Å². The van der Waals surface area contributed by atoms with Gasteiger partial charge in [-0.25, -0.2) is 4.98 Å². The number of hydrogen-bond donors (Lipinski definition) is 1. The van der Waals surface area contributed by atoms with Gasteiger partial charge in [-0.2, -0.15) is 0 Å². The third-order valence-corrected chi connectivity index (χ3v) is 5.76. The zero-order valence-electron chi connectivity index (χ0n) is 17.1. The number of carboxylic acid groups (broad SMARTS) is 1. The van der Waals surface area contributed by atoms with Crippen molar-refractivity contribution in [1.82, 2.24) is 9.55 Å². The molecule has 0 aliphatic heterocycles. The zero-order chi connectivity index (χ0) is 21.1. The Labute approximate surface area is 175 Å². The fourth-order valence-electron chi connectivity index (χ4n) is 3.75. The van der Waals surface area contributed by atoms with E-state index >= 15 is 0 Å². The fraction of sp³-hybridized carbons (Fsp3) is 0.200. The molecule has 0 bridgehead atoms. The summed E-state index contributed by atoms with van der Waals surface area (Å²) in [7, 11) is 1.64. The van der Waals surface area contributed by atoms with Gasteiger partial charge < -0.3 is 14.4 Å². The summed E-state index contributed by atoms with van der Waals surface area (Å²) in [5, 5.41) is 12.1. The largest absolute Gasteiger partial charge is 0.497 e. The van der Waals surface area contributed by atoms with Crippen LogP contribution in [0.2, 0.25) is 0 Å². The van der Waals surface area contributed by atoms with Gasteiger partial charge in [0.25, 0.3) is 0 Å². The van der Waals surface area contributed by atoms with E-state index in [9.17, 15) is 9.90 Å². The molecule has 30 heavy (non-hydrogen) atoms. The van der Waals surface area contributed by atoms with Gasteiger partial charge in [0.2, 0.25) is 0 Å². The molecule has 0 saturated heterocycles. The lowest BCUT2D eigenvalue weighted by Crippen LogP contribution is -2.33. The summed E-state index contributed by atoms with van der Waals surface area (Å²) in [4.78, 5) is 16.8. The number of aromatic nitrogens is 2. The third kappa shape index (κ3) is 3.66. The summed E-state index contributed by atoms with van der Waals surface area (Å²) in [5.74, 6) is 0.787. The van der Waals surface area contributed by atoms with Crippen molar-refractivity contribution >= 4 is 16.7 Å². The molecule has 1 heterocycles. The van der Waals surface area contributed by atoms with Crippen LogP contribution in [0.4, 0.5) is 0 Å². The average molecular weight is 400 g/mol. The van der Waals surface area contributed by atoms with E-state index in [2.05, 4.69) is 4.98 Å². The monoisotopic (exact) mass is 400 g/mol. The first-order chi connectivity index (χ1) is 14.5. The number of hydrogen-bond acceptors (Lipinski definition) is 3. The summed E-state index contributed by atoms with van der Waals surface area (Å²) in [6, 6.07) is 21.6. The number of rotatable bonds is 7. The van der Waals surface area contributed by atoms with Crippen LogP contribution in [0.1, 0.15) is 18.9 Å². The van der Waals surface area contributed by atoms with Crippen LogP contribution in [0.25, 0.3) is 22.2 Å². The molecule has 0 aliphatic carbocycles. The van der Waals surface area contributed by atoms with Gasteiger partial charge in [0.1, 0.15) is 11.6 Å². The summed E-state index contributed by atoms with van der Waals surface area (Å²) < 4.78 is 7.30. The van der Waals surface area contributed by atoms with E-state index in [1.54, 1.807) is 20.2 Å². The van der Waals surface area contributed by atoms with Crippen molar-refractivity contribution in [2.24, 2.45) is 0 Å². The minimum Gasteiger partial charge on any atom is -0.497 e. The van der Waals surface area contributed by atoms with Crippen molar-refractivity contribution in [1.29, 1.82) is 0 Å². The Bertz CT molecular complexity index is 1180. The number of fused-ring (bicyclic) bond motifs is 1. The predicted octanol–water partition coefficient (Wildman–Crippen LogP) is 5.14. The van der Waals surface area contributed by atoms with Crippen molar-refractivity contribution in [3.8, 4) is 17.1 Å². The minimum absolute atomic E-state index is 0.445. The molecule has 0 radical (unpaired) electrons. The van der Waals surface area contributed by atoms with Crippen molar-refractivity contribution < 1.29 is 14.6 Å². The molecule has 1 aromatic heterocycles. The second-order valence-electron chi connectivity index (χ2n) is 7.63. The van der Waals surface area contributed by atoms with E-state index in [0.29, 0.717) is 13.0 Å². The molecule has 0 aliphatic rings. The van der Waals surface area contributed by atoms with Crippen molar-refractivity contribution in [2.75, 3.05) is 7.11 Å². The van der Waals surface area contributed by atoms with Crippen LogP contribution in [0.15, 0.2) is 79.1 Å². The second-order valence-corrected chi connectivity index (χ2v) is 7.63. The lowest BCUT2D eigenvalue weighted by atomic mass is 9.78. The number of nitrogens with zero attached hydrogens (tertiary/aromatic N) is 2. The van der Waals surface area contributed by atoms with E-state index in [4.69, 9.17) is 4.74 Å². The van der Waals surface area contributed by atoms with Gasteiger partial charge in [0.05, 0.1) is 12.5 Å². The Kier molecular flexibility index (Phi) is 5.27. The fourth-order valence-corrected chi connectivity index (χ4v) is 3.75. The maximum absolute atomic E-state index is 12.3. The van der Waals surface area contributed by atoms with Gasteiger partial charge in [-0.1, -0.05) is 54.6 Å². The molecule has 4 aromatic rings. The summed E-state index contributed by atoms with van der Waals surface area (Å²) in [5.41, 5.74) is 0.778. The van der Waals surface area contributed by atoms with Crippen molar-refractivity contribution in [2.45, 2.75) is 25.3 Å². The highest BCUT2D eigenvalue weighted by molar-refractivity contribution is 5.88. The van der Waals surface area contributed by atoms with Crippen LogP contribution < -0.4 is 4.74 Å². The SMILES string of the molecule is COc1ccc2cc(C(C)(CCn3ccnc3-c3ccccc3)C(=O)O)ccc2c1. The molecule has 3 aromatic carbocycles. The van der Waals surface area contributed by atoms with Crippen LogP contribution >= 0.6 is 0 Å². The lowest BCUT2D eigenvalue weighted by molar-refractivity contribution is -0.143. The topological polar surface area (TPSA) is 64.4 Å². The molecule has 1 N–H and O–H groups in total. The number of carbonyl (C=O) groups is 1. The molecular weight excluding hydrogens is 376 g/mol. The van der Waals surface area contributed by atoms with Gasteiger partial charge in [0.15, 0.2) is 0 Å². The highest BCUT2D eigenvalue weighted by Crippen LogP contribution is 2.33. The van der Waals surface area contributed by atoms with Crippen LogP contribution in [-0.4, -0.2) is 27.7 Å². The summed E-state index contributed by atoms with van der Waals surface area (Å²) >= 11 is 0. The normalized spacial score (nSPS) is 13.1. The highest BCUT2D eigenvalue weighted by atomic mass is 16.5. The smallest absolute Gasteiger partial charge is 0.313 e. The number of aliphatic carboxylic acids is 1. The average Bonchev–Trinajstić information content (AvgIpc) is 3.26. The first kappa shape index (κ1) is 19.7. The van der Waals surface area contributed by atoms with Crippen LogP contribution in [-0.2, 0) is 16.8 Å². The Balaban J connectivity index is 1.64. The molecule has 1 atom stereocenters. The molecule has 0 amide bonds. The summed E-state index contributed by atoms with van der Waals surface area (Å²) in [6.45, 7) is 2.34. The Morgan fingerprint density at radius 3 is 2.53 bits per heavy atom. The molecular formula is C25H24N2O3. The Morgan fingerprint density at radius 1 is 1.07 bits per heavy atom. The van der Waals surface area contributed by atoms with Gasteiger partial charge in [0, 0.05) is 24.5 Å². The second kappa shape index (κ2) is 8.03. The zero-order valence-corrected chi connectivity index (χ0v) is 17.1.